The Balaban J connectivity index is 2.11. The van der Waals surface area contributed by atoms with Gasteiger partial charge in [-0.15, -0.1) is 0 Å². The fourth-order valence-corrected chi connectivity index (χ4v) is 4.14. The van der Waals surface area contributed by atoms with E-state index >= 15 is 0 Å². The van der Waals surface area contributed by atoms with Crippen LogP contribution in [0.1, 0.15) is 36.9 Å². The van der Waals surface area contributed by atoms with Crippen molar-refractivity contribution in [2.75, 3.05) is 12.4 Å². The molecule has 10 heteroatoms. The SMILES string of the molecule is CCOC(=O)[C@@H](NC(=O)[C@H](CSCc1ccccc1)NC(=O)CCC(N)C(=O)O)c1ccccc1. The number of esters is 1. The van der Waals surface area contributed by atoms with Gasteiger partial charge in [-0.2, -0.15) is 11.8 Å². The Morgan fingerprint density at radius 2 is 1.63 bits per heavy atom. The second kappa shape index (κ2) is 14.8. The van der Waals surface area contributed by atoms with Crippen LogP contribution in [0.4, 0.5) is 0 Å². The summed E-state index contributed by atoms with van der Waals surface area (Å²) < 4.78 is 5.13. The average Bonchev–Trinajstić information content (AvgIpc) is 2.86. The molecule has 3 atom stereocenters. The lowest BCUT2D eigenvalue weighted by molar-refractivity contribution is -0.147. The molecule has 9 nitrogen and oxygen atoms in total. The fraction of sp³-hybridized carbons (Fsp3) is 0.360. The van der Waals surface area contributed by atoms with Crippen LogP contribution in [0.15, 0.2) is 60.7 Å². The maximum Gasteiger partial charge on any atom is 0.333 e. The molecule has 188 valence electrons. The van der Waals surface area contributed by atoms with Crippen LogP contribution in [-0.4, -0.2) is 53.3 Å². The van der Waals surface area contributed by atoms with Gasteiger partial charge in [0.05, 0.1) is 6.61 Å². The fourth-order valence-electron chi connectivity index (χ4n) is 3.12. The van der Waals surface area contributed by atoms with Crippen molar-refractivity contribution >= 4 is 35.5 Å². The van der Waals surface area contributed by atoms with Gasteiger partial charge in [-0.05, 0) is 24.5 Å². The summed E-state index contributed by atoms with van der Waals surface area (Å²) in [7, 11) is 0. The van der Waals surface area contributed by atoms with Crippen molar-refractivity contribution in [3.63, 3.8) is 0 Å². The van der Waals surface area contributed by atoms with Gasteiger partial charge in [0.2, 0.25) is 11.8 Å². The molecule has 2 amide bonds. The van der Waals surface area contributed by atoms with E-state index in [-0.39, 0.29) is 25.2 Å². The second-order valence-electron chi connectivity index (χ2n) is 7.71. The molecule has 0 saturated carbocycles. The molecule has 35 heavy (non-hydrogen) atoms. The summed E-state index contributed by atoms with van der Waals surface area (Å²) in [5.74, 6) is -2.02. The first-order valence-electron chi connectivity index (χ1n) is 11.2. The zero-order valence-corrected chi connectivity index (χ0v) is 20.3. The van der Waals surface area contributed by atoms with Crippen molar-refractivity contribution in [1.82, 2.24) is 10.6 Å². The highest BCUT2D eigenvalue weighted by molar-refractivity contribution is 7.98. The second-order valence-corrected chi connectivity index (χ2v) is 8.74. The number of thioether (sulfide) groups is 1. The monoisotopic (exact) mass is 501 g/mol. The number of hydrogen-bond donors (Lipinski definition) is 4. The van der Waals surface area contributed by atoms with Crippen molar-refractivity contribution in [3.05, 3.63) is 71.8 Å². The Hall–Kier alpha value is -3.37. The summed E-state index contributed by atoms with van der Waals surface area (Å²) in [6, 6.07) is 15.2. The van der Waals surface area contributed by atoms with Gasteiger partial charge in [0.15, 0.2) is 6.04 Å². The number of carboxylic acid groups (broad SMARTS) is 1. The molecule has 0 aliphatic carbocycles. The van der Waals surface area contributed by atoms with Gasteiger partial charge in [0, 0.05) is 17.9 Å². The summed E-state index contributed by atoms with van der Waals surface area (Å²) in [6.07, 6.45) is -0.220. The Morgan fingerprint density at radius 3 is 2.23 bits per heavy atom. The molecule has 0 saturated heterocycles. The minimum absolute atomic E-state index is 0.0673. The van der Waals surface area contributed by atoms with Crippen molar-refractivity contribution in [2.24, 2.45) is 5.73 Å². The Morgan fingerprint density at radius 1 is 1.00 bits per heavy atom. The topological polar surface area (TPSA) is 148 Å². The molecule has 2 aromatic rings. The number of carboxylic acids is 1. The first kappa shape index (κ1) is 27.9. The van der Waals surface area contributed by atoms with Crippen LogP contribution in [0.5, 0.6) is 0 Å². The van der Waals surface area contributed by atoms with Crippen LogP contribution in [0.25, 0.3) is 0 Å². The standard InChI is InChI=1S/C25H31N3O6S/c1-2-34-25(33)22(18-11-7-4-8-12-18)28-23(30)20(16-35-15-17-9-5-3-6-10-17)27-21(29)14-13-19(26)24(31)32/h3-12,19-20,22H,2,13-16,26H2,1H3,(H,27,29)(H,28,30)(H,31,32)/t19?,20-,22-/m0/s1. The molecular weight excluding hydrogens is 470 g/mol. The Kier molecular flexibility index (Phi) is 11.8. The van der Waals surface area contributed by atoms with Crippen LogP contribution in [0.3, 0.4) is 0 Å². The molecule has 0 bridgehead atoms. The third-order valence-electron chi connectivity index (χ3n) is 4.99. The number of amides is 2. The highest BCUT2D eigenvalue weighted by Crippen LogP contribution is 2.17. The maximum absolute atomic E-state index is 13.2. The summed E-state index contributed by atoms with van der Waals surface area (Å²) in [4.78, 5) is 49.2. The minimum Gasteiger partial charge on any atom is -0.480 e. The number of rotatable bonds is 14. The number of hydrogen-bond acceptors (Lipinski definition) is 7. The number of carbonyl (C=O) groups excluding carboxylic acids is 3. The van der Waals surface area contributed by atoms with Gasteiger partial charge in [-0.3, -0.25) is 14.4 Å². The lowest BCUT2D eigenvalue weighted by atomic mass is 10.1. The number of carbonyl (C=O) groups is 4. The zero-order chi connectivity index (χ0) is 25.6. The molecule has 0 radical (unpaired) electrons. The number of benzene rings is 2. The van der Waals surface area contributed by atoms with E-state index in [4.69, 9.17) is 15.6 Å². The van der Waals surface area contributed by atoms with E-state index in [9.17, 15) is 19.2 Å². The van der Waals surface area contributed by atoms with Gasteiger partial charge in [-0.1, -0.05) is 60.7 Å². The normalized spacial score (nSPS) is 13.2. The number of nitrogens with one attached hydrogen (secondary N) is 2. The molecule has 2 rings (SSSR count). The molecule has 1 unspecified atom stereocenters. The van der Waals surface area contributed by atoms with Crippen LogP contribution in [0.2, 0.25) is 0 Å². The molecule has 5 N–H and O–H groups in total. The average molecular weight is 502 g/mol. The van der Waals surface area contributed by atoms with Gasteiger partial charge < -0.3 is 26.2 Å². The number of ether oxygens (including phenoxy) is 1. The first-order valence-corrected chi connectivity index (χ1v) is 12.4. The van der Waals surface area contributed by atoms with Gasteiger partial charge in [0.1, 0.15) is 12.1 Å². The Bertz CT molecular complexity index is 974. The molecular formula is C25H31N3O6S. The van der Waals surface area contributed by atoms with E-state index in [0.29, 0.717) is 11.3 Å². The molecule has 0 aromatic heterocycles. The molecule has 0 aliphatic rings. The third-order valence-corrected chi connectivity index (χ3v) is 6.10. The van der Waals surface area contributed by atoms with Crippen molar-refractivity contribution < 1.29 is 29.0 Å². The zero-order valence-electron chi connectivity index (χ0n) is 19.5. The third kappa shape index (κ3) is 9.79. The van der Waals surface area contributed by atoms with Crippen molar-refractivity contribution in [1.29, 1.82) is 0 Å². The predicted molar refractivity (Wildman–Crippen MR) is 133 cm³/mol. The predicted octanol–water partition coefficient (Wildman–Crippen LogP) is 2.02. The lowest BCUT2D eigenvalue weighted by Gasteiger charge is -2.23. The van der Waals surface area contributed by atoms with Crippen molar-refractivity contribution in [2.45, 2.75) is 43.6 Å². The van der Waals surface area contributed by atoms with E-state index in [2.05, 4.69) is 10.6 Å². The minimum atomic E-state index is -1.20. The number of aliphatic carboxylic acids is 1. The quantitative estimate of drug-likeness (QED) is 0.287. The van der Waals surface area contributed by atoms with Gasteiger partial charge in [0.25, 0.3) is 0 Å². The Labute approximate surface area is 208 Å². The maximum atomic E-state index is 13.2. The van der Waals surface area contributed by atoms with Crippen LogP contribution < -0.4 is 16.4 Å². The van der Waals surface area contributed by atoms with Crippen LogP contribution >= 0.6 is 11.8 Å². The first-order chi connectivity index (χ1) is 16.8. The highest BCUT2D eigenvalue weighted by atomic mass is 32.2. The van der Waals surface area contributed by atoms with E-state index in [1.807, 2.05) is 30.3 Å². The summed E-state index contributed by atoms with van der Waals surface area (Å²) >= 11 is 1.45. The molecule has 0 fully saturated rings. The van der Waals surface area contributed by atoms with Gasteiger partial charge in [-0.25, -0.2) is 4.79 Å². The summed E-state index contributed by atoms with van der Waals surface area (Å²) in [5.41, 5.74) is 7.09. The van der Waals surface area contributed by atoms with E-state index in [1.54, 1.807) is 37.3 Å². The van der Waals surface area contributed by atoms with E-state index < -0.39 is 41.9 Å². The largest absolute Gasteiger partial charge is 0.480 e. The van der Waals surface area contributed by atoms with E-state index in [0.717, 1.165) is 5.56 Å². The molecule has 0 heterocycles. The summed E-state index contributed by atoms with van der Waals surface area (Å²) in [6.45, 7) is 1.82. The van der Waals surface area contributed by atoms with Crippen LogP contribution in [0, 0.1) is 0 Å². The van der Waals surface area contributed by atoms with Crippen molar-refractivity contribution in [3.8, 4) is 0 Å². The smallest absolute Gasteiger partial charge is 0.333 e. The lowest BCUT2D eigenvalue weighted by Crippen LogP contribution is -2.50. The molecule has 0 spiro atoms. The highest BCUT2D eigenvalue weighted by Gasteiger charge is 2.29. The van der Waals surface area contributed by atoms with Gasteiger partial charge >= 0.3 is 11.9 Å². The molecule has 0 aliphatic heterocycles. The van der Waals surface area contributed by atoms with E-state index in [1.165, 1.54) is 11.8 Å². The van der Waals surface area contributed by atoms with Crippen LogP contribution in [-0.2, 0) is 29.7 Å². The summed E-state index contributed by atoms with van der Waals surface area (Å²) in [5, 5.41) is 14.3. The number of nitrogens with two attached hydrogens (primary N) is 1. The molecule has 2 aromatic carbocycles.